The van der Waals surface area contributed by atoms with E-state index < -0.39 is 0 Å². The first-order chi connectivity index (χ1) is 15.3. The van der Waals surface area contributed by atoms with E-state index in [9.17, 15) is 9.59 Å². The molecule has 0 aliphatic carbocycles. The van der Waals surface area contributed by atoms with Crippen LogP contribution in [0.5, 0.6) is 0 Å². The van der Waals surface area contributed by atoms with Crippen LogP contribution in [0.25, 0.3) is 11.3 Å². The summed E-state index contributed by atoms with van der Waals surface area (Å²) in [6, 6.07) is 1.92. The lowest BCUT2D eigenvalue weighted by atomic mass is 10.1. The molecule has 8 nitrogen and oxygen atoms in total. The molecule has 4 heterocycles. The lowest BCUT2D eigenvalue weighted by Crippen LogP contribution is -2.51. The number of H-pyrrole nitrogens is 1. The topological polar surface area (TPSA) is 84.6 Å². The van der Waals surface area contributed by atoms with Crippen molar-refractivity contribution in [3.05, 3.63) is 28.3 Å². The third-order valence-electron chi connectivity index (χ3n) is 5.86. The normalized spacial score (nSPS) is 18.3. The van der Waals surface area contributed by atoms with Gasteiger partial charge in [-0.15, -0.1) is 11.3 Å². The number of aromatic amines is 1. The number of hydrogen-bond acceptors (Lipinski definition) is 6. The number of thiazole rings is 1. The second-order valence-electron chi connectivity index (χ2n) is 9.78. The van der Waals surface area contributed by atoms with E-state index in [1.54, 1.807) is 11.3 Å². The smallest absolute Gasteiger partial charge is 0.270 e. The maximum atomic E-state index is 12.6. The second kappa shape index (κ2) is 9.72. The number of piperazine rings is 1. The van der Waals surface area contributed by atoms with Gasteiger partial charge in [0.25, 0.3) is 5.91 Å². The molecule has 174 valence electrons. The zero-order valence-electron chi connectivity index (χ0n) is 19.3. The van der Waals surface area contributed by atoms with E-state index in [0.717, 1.165) is 74.9 Å². The third kappa shape index (κ3) is 5.96. The maximum absolute atomic E-state index is 12.6. The first kappa shape index (κ1) is 22.9. The van der Waals surface area contributed by atoms with Crippen molar-refractivity contribution in [3.63, 3.8) is 0 Å². The molecule has 2 aliphatic rings. The molecule has 0 spiro atoms. The number of aromatic nitrogens is 2. The predicted octanol–water partition coefficient (Wildman–Crippen LogP) is 2.41. The van der Waals surface area contributed by atoms with Gasteiger partial charge < -0.3 is 15.2 Å². The van der Waals surface area contributed by atoms with Crippen LogP contribution in [0.1, 0.15) is 49.1 Å². The van der Waals surface area contributed by atoms with Crippen LogP contribution >= 0.6 is 11.3 Å². The number of carbonyl (C=O) groups is 2. The summed E-state index contributed by atoms with van der Waals surface area (Å²) >= 11 is 1.66. The summed E-state index contributed by atoms with van der Waals surface area (Å²) in [6.07, 6.45) is 4.06. The molecule has 0 atom stereocenters. The van der Waals surface area contributed by atoms with Gasteiger partial charge in [0.15, 0.2) is 0 Å². The van der Waals surface area contributed by atoms with Crippen LogP contribution in [-0.2, 0) is 11.3 Å². The highest BCUT2D eigenvalue weighted by atomic mass is 32.1. The van der Waals surface area contributed by atoms with Crippen LogP contribution in [-0.4, -0.2) is 87.8 Å². The van der Waals surface area contributed by atoms with Crippen molar-refractivity contribution in [1.29, 1.82) is 0 Å². The molecule has 9 heteroatoms. The summed E-state index contributed by atoms with van der Waals surface area (Å²) in [7, 11) is 0. The van der Waals surface area contributed by atoms with Crippen LogP contribution in [0.15, 0.2) is 17.6 Å². The van der Waals surface area contributed by atoms with Gasteiger partial charge in [0.1, 0.15) is 10.7 Å². The summed E-state index contributed by atoms with van der Waals surface area (Å²) in [4.78, 5) is 39.2. The summed E-state index contributed by atoms with van der Waals surface area (Å²) in [5.41, 5.74) is 2.33. The molecule has 2 N–H and O–H groups in total. The zero-order valence-corrected chi connectivity index (χ0v) is 20.1. The number of carbonyl (C=O) groups excluding carboxylic acids is 2. The second-order valence-corrected chi connectivity index (χ2v) is 10.7. The van der Waals surface area contributed by atoms with Crippen LogP contribution in [0.4, 0.5) is 0 Å². The highest BCUT2D eigenvalue weighted by Crippen LogP contribution is 2.25. The van der Waals surface area contributed by atoms with Gasteiger partial charge in [-0.1, -0.05) is 0 Å². The van der Waals surface area contributed by atoms with Crippen LogP contribution in [0.3, 0.4) is 0 Å². The summed E-state index contributed by atoms with van der Waals surface area (Å²) in [5.74, 6) is 0.169. The molecule has 0 radical (unpaired) electrons. The zero-order chi connectivity index (χ0) is 22.7. The Hall–Kier alpha value is -2.23. The van der Waals surface area contributed by atoms with Crippen LogP contribution in [0.2, 0.25) is 0 Å². The fourth-order valence-corrected chi connectivity index (χ4v) is 5.07. The number of hydrogen-bond donors (Lipinski definition) is 2. The first-order valence-corrected chi connectivity index (χ1v) is 12.3. The molecule has 0 unspecified atom stereocenters. The molecule has 2 aromatic rings. The molecule has 2 saturated heterocycles. The molecule has 4 rings (SSSR count). The van der Waals surface area contributed by atoms with Gasteiger partial charge in [-0.25, -0.2) is 4.98 Å². The number of amides is 2. The quantitative estimate of drug-likeness (QED) is 0.695. The highest BCUT2D eigenvalue weighted by Gasteiger charge is 2.23. The van der Waals surface area contributed by atoms with Gasteiger partial charge in [-0.05, 0) is 39.7 Å². The average Bonchev–Trinajstić information content (AvgIpc) is 3.49. The Kier molecular flexibility index (Phi) is 6.97. The Labute approximate surface area is 194 Å². The fraction of sp³-hybridized carbons (Fsp3) is 0.609. The first-order valence-electron chi connectivity index (χ1n) is 11.4. The molecule has 32 heavy (non-hydrogen) atoms. The van der Waals surface area contributed by atoms with Crippen molar-refractivity contribution < 1.29 is 9.59 Å². The van der Waals surface area contributed by atoms with Gasteiger partial charge in [0.2, 0.25) is 5.91 Å². The lowest BCUT2D eigenvalue weighted by molar-refractivity contribution is -0.124. The minimum atomic E-state index is -0.191. The molecule has 0 aromatic carbocycles. The lowest BCUT2D eigenvalue weighted by Gasteiger charge is -2.34. The Balaban J connectivity index is 1.26. The van der Waals surface area contributed by atoms with Gasteiger partial charge in [0.05, 0.1) is 18.8 Å². The predicted molar refractivity (Wildman–Crippen MR) is 127 cm³/mol. The van der Waals surface area contributed by atoms with E-state index in [4.69, 9.17) is 4.98 Å². The minimum Gasteiger partial charge on any atom is -0.357 e. The van der Waals surface area contributed by atoms with Gasteiger partial charge in [0, 0.05) is 61.9 Å². The minimum absolute atomic E-state index is 0.0817. The Bertz CT molecular complexity index is 932. The molecular formula is C23H34N6O2S. The van der Waals surface area contributed by atoms with Crippen LogP contribution < -0.4 is 5.32 Å². The largest absolute Gasteiger partial charge is 0.357 e. The van der Waals surface area contributed by atoms with E-state index in [0.29, 0.717) is 12.2 Å². The van der Waals surface area contributed by atoms with Gasteiger partial charge in [-0.3, -0.25) is 19.4 Å². The Morgan fingerprint density at radius 2 is 1.78 bits per heavy atom. The third-order valence-corrected chi connectivity index (χ3v) is 6.69. The molecule has 2 aromatic heterocycles. The number of likely N-dealkylation sites (tertiary alicyclic amines) is 1. The maximum Gasteiger partial charge on any atom is 0.270 e. The standard InChI is InChI=1S/C23H34N6O2S/c1-23(2,3)26-20(30)14-27-8-10-28(11-9-27)15-21-25-19(16-32-21)17-12-18(24-13-17)22(31)29-6-4-5-7-29/h12-13,16,24H,4-11,14-15H2,1-3H3,(H,26,30). The van der Waals surface area contributed by atoms with Gasteiger partial charge in [-0.2, -0.15) is 0 Å². The summed E-state index contributed by atoms with van der Waals surface area (Å²) < 4.78 is 0. The number of rotatable bonds is 6. The molecule has 2 aliphatic heterocycles. The van der Waals surface area contributed by atoms with Crippen molar-refractivity contribution >= 4 is 23.2 Å². The van der Waals surface area contributed by atoms with Crippen molar-refractivity contribution in [2.45, 2.75) is 45.7 Å². The molecular weight excluding hydrogens is 424 g/mol. The summed E-state index contributed by atoms with van der Waals surface area (Å²) in [6.45, 7) is 12.6. The van der Waals surface area contributed by atoms with E-state index in [-0.39, 0.29) is 17.4 Å². The SMILES string of the molecule is CC(C)(C)NC(=O)CN1CCN(Cc2nc(-c3c[nH]c(C(=O)N4CCCC4)c3)cs2)CC1. The van der Waals surface area contributed by atoms with Crippen molar-refractivity contribution in [3.8, 4) is 11.3 Å². The average molecular weight is 459 g/mol. The van der Waals surface area contributed by atoms with E-state index in [1.165, 1.54) is 0 Å². The fourth-order valence-electron chi connectivity index (χ4n) is 4.23. The van der Waals surface area contributed by atoms with Crippen molar-refractivity contribution in [2.75, 3.05) is 45.8 Å². The monoisotopic (exact) mass is 458 g/mol. The van der Waals surface area contributed by atoms with Gasteiger partial charge >= 0.3 is 0 Å². The van der Waals surface area contributed by atoms with Crippen molar-refractivity contribution in [1.82, 2.24) is 30.0 Å². The van der Waals surface area contributed by atoms with E-state index >= 15 is 0 Å². The molecule has 0 saturated carbocycles. The number of nitrogens with zero attached hydrogens (tertiary/aromatic N) is 4. The Morgan fingerprint density at radius 1 is 1.09 bits per heavy atom. The molecule has 2 amide bonds. The van der Waals surface area contributed by atoms with E-state index in [2.05, 4.69) is 25.5 Å². The highest BCUT2D eigenvalue weighted by molar-refractivity contribution is 7.09. The summed E-state index contributed by atoms with van der Waals surface area (Å²) in [5, 5.41) is 6.17. The van der Waals surface area contributed by atoms with Crippen molar-refractivity contribution in [2.24, 2.45) is 0 Å². The van der Waals surface area contributed by atoms with E-state index in [1.807, 2.05) is 37.9 Å². The molecule has 0 bridgehead atoms. The molecule has 2 fully saturated rings. The van der Waals surface area contributed by atoms with Crippen LogP contribution in [0, 0.1) is 0 Å². The Morgan fingerprint density at radius 3 is 2.47 bits per heavy atom. The number of nitrogens with one attached hydrogen (secondary N) is 2.